The van der Waals surface area contributed by atoms with Crippen LogP contribution in [0.25, 0.3) is 0 Å². The summed E-state index contributed by atoms with van der Waals surface area (Å²) in [5.74, 6) is 0.867. The molecule has 0 heterocycles. The van der Waals surface area contributed by atoms with Crippen molar-refractivity contribution >= 4 is 36.6 Å². The van der Waals surface area contributed by atoms with Crippen molar-refractivity contribution in [2.75, 3.05) is 12.4 Å². The fourth-order valence-corrected chi connectivity index (χ4v) is 1.78. The van der Waals surface area contributed by atoms with Crippen LogP contribution in [0.3, 0.4) is 0 Å². The van der Waals surface area contributed by atoms with Crippen LogP contribution >= 0.6 is 11.8 Å². The number of rotatable bonds is 8. The third-order valence-corrected chi connectivity index (χ3v) is 2.83. The SMILES string of the molecule is CCCCCCCCSC(=O)CO.[CH3][Sn+]([CH3])[CH3]. The average Bonchev–Trinajstić information content (AvgIpc) is 2.26. The fraction of sp³-hybridized carbons (Fsp3) is 0.923. The summed E-state index contributed by atoms with van der Waals surface area (Å²) >= 11 is 0.708. The molecule has 4 heteroatoms. The molecule has 0 fully saturated rings. The van der Waals surface area contributed by atoms with Crippen LogP contribution in [0.5, 0.6) is 0 Å². The molecule has 0 aromatic rings. The van der Waals surface area contributed by atoms with E-state index < -0.39 is 19.8 Å². The Morgan fingerprint density at radius 1 is 1.06 bits per heavy atom. The fourth-order valence-electron chi connectivity index (χ4n) is 1.11. The number of hydrogen-bond acceptors (Lipinski definition) is 3. The molecule has 0 aliphatic rings. The van der Waals surface area contributed by atoms with Crippen molar-refractivity contribution in [1.29, 1.82) is 0 Å². The van der Waals surface area contributed by atoms with Gasteiger partial charge in [0.2, 0.25) is 5.12 Å². The van der Waals surface area contributed by atoms with Crippen LogP contribution in [0, 0.1) is 0 Å². The monoisotopic (exact) mass is 369 g/mol. The molecule has 0 radical (unpaired) electrons. The summed E-state index contributed by atoms with van der Waals surface area (Å²) in [6.07, 6.45) is 7.50. The van der Waals surface area contributed by atoms with Gasteiger partial charge >= 0.3 is 34.6 Å². The first-order valence-electron chi connectivity index (χ1n) is 6.57. The van der Waals surface area contributed by atoms with Crippen molar-refractivity contribution in [1.82, 2.24) is 0 Å². The summed E-state index contributed by atoms with van der Waals surface area (Å²) in [6, 6.07) is 0. The van der Waals surface area contributed by atoms with Gasteiger partial charge < -0.3 is 5.11 Å². The molecule has 0 rings (SSSR count). The molecule has 0 unspecified atom stereocenters. The van der Waals surface area contributed by atoms with E-state index in [9.17, 15) is 4.79 Å². The Hall–Kier alpha value is 0.779. The predicted molar refractivity (Wildman–Crippen MR) is 81.3 cm³/mol. The van der Waals surface area contributed by atoms with Crippen LogP contribution in [0.4, 0.5) is 0 Å². The van der Waals surface area contributed by atoms with Gasteiger partial charge in [0.05, 0.1) is 0 Å². The minimum atomic E-state index is -0.543. The predicted octanol–water partition coefficient (Wildman–Crippen LogP) is 3.97. The van der Waals surface area contributed by atoms with E-state index in [4.69, 9.17) is 5.11 Å². The molecule has 1 N–H and O–H groups in total. The number of carbonyl (C=O) groups is 1. The van der Waals surface area contributed by atoms with E-state index in [1.807, 2.05) is 0 Å². The molecule has 0 aromatic carbocycles. The van der Waals surface area contributed by atoms with E-state index in [-0.39, 0.29) is 11.7 Å². The van der Waals surface area contributed by atoms with E-state index in [0.717, 1.165) is 12.2 Å². The topological polar surface area (TPSA) is 37.3 Å². The molecule has 0 aliphatic carbocycles. The van der Waals surface area contributed by atoms with Gasteiger partial charge in [0.15, 0.2) is 0 Å². The van der Waals surface area contributed by atoms with E-state index in [0.29, 0.717) is 0 Å². The van der Waals surface area contributed by atoms with Gasteiger partial charge in [-0.2, -0.15) is 0 Å². The van der Waals surface area contributed by atoms with Crippen LogP contribution in [0.2, 0.25) is 14.8 Å². The number of carbonyl (C=O) groups excluding carboxylic acids is 1. The normalized spacial score (nSPS) is 9.47. The van der Waals surface area contributed by atoms with Crippen LogP contribution in [0.1, 0.15) is 45.4 Å². The Kier molecular flexibility index (Phi) is 19.8. The quantitative estimate of drug-likeness (QED) is 0.521. The van der Waals surface area contributed by atoms with Crippen LogP contribution in [0.15, 0.2) is 0 Å². The molecule has 0 atom stereocenters. The van der Waals surface area contributed by atoms with E-state index in [1.54, 1.807) is 0 Å². The molecule has 0 saturated heterocycles. The first-order valence-corrected chi connectivity index (χ1v) is 16.1. The Bertz CT molecular complexity index is 161. The average molecular weight is 368 g/mol. The van der Waals surface area contributed by atoms with Gasteiger partial charge in [0, 0.05) is 5.75 Å². The van der Waals surface area contributed by atoms with Gasteiger partial charge in [-0.15, -0.1) is 0 Å². The molecule has 0 aliphatic heterocycles. The van der Waals surface area contributed by atoms with Crippen molar-refractivity contribution in [2.45, 2.75) is 60.3 Å². The zero-order valence-electron chi connectivity index (χ0n) is 11.9. The second kappa shape index (κ2) is 16.8. The van der Waals surface area contributed by atoms with Crippen molar-refractivity contribution in [2.24, 2.45) is 0 Å². The minimum absolute atomic E-state index is 0.103. The first-order chi connectivity index (χ1) is 8.04. The molecule has 102 valence electrons. The zero-order valence-corrected chi connectivity index (χ0v) is 15.6. The summed E-state index contributed by atoms with van der Waals surface area (Å²) in [6.45, 7) is 1.89. The van der Waals surface area contributed by atoms with E-state index in [2.05, 4.69) is 21.7 Å². The molecule has 17 heavy (non-hydrogen) atoms. The summed E-state index contributed by atoms with van der Waals surface area (Å²) in [5, 5.41) is 8.33. The zero-order chi connectivity index (χ0) is 13.5. The number of unbranched alkanes of at least 4 members (excludes halogenated alkanes) is 5. The second-order valence-corrected chi connectivity index (χ2v) is 14.4. The van der Waals surface area contributed by atoms with Crippen LogP contribution in [-0.4, -0.2) is 42.3 Å². The Balaban J connectivity index is 0. The Morgan fingerprint density at radius 2 is 1.53 bits per heavy atom. The molecular weight excluding hydrogens is 339 g/mol. The van der Waals surface area contributed by atoms with E-state index in [1.165, 1.54) is 43.9 Å². The van der Waals surface area contributed by atoms with Gasteiger partial charge in [-0.25, -0.2) is 0 Å². The first kappa shape index (κ1) is 20.1. The van der Waals surface area contributed by atoms with Gasteiger partial charge in [0.25, 0.3) is 0 Å². The van der Waals surface area contributed by atoms with Gasteiger partial charge in [-0.05, 0) is 6.42 Å². The molecule has 0 aromatic heterocycles. The third-order valence-electron chi connectivity index (χ3n) is 1.89. The summed E-state index contributed by atoms with van der Waals surface area (Å²) < 4.78 is 0. The maximum atomic E-state index is 10.7. The Labute approximate surface area is 119 Å². The molecule has 0 spiro atoms. The van der Waals surface area contributed by atoms with E-state index >= 15 is 0 Å². The summed E-state index contributed by atoms with van der Waals surface area (Å²) in [7, 11) is 0. The van der Waals surface area contributed by atoms with Crippen LogP contribution in [-0.2, 0) is 4.79 Å². The van der Waals surface area contributed by atoms with Gasteiger partial charge in [0.1, 0.15) is 6.61 Å². The summed E-state index contributed by atoms with van der Waals surface area (Å²) in [5.41, 5.74) is 0. The maximum absolute atomic E-state index is 10.7. The second-order valence-electron chi connectivity index (χ2n) is 4.65. The molecule has 0 saturated carbocycles. The third kappa shape index (κ3) is 26.4. The molecule has 0 amide bonds. The number of hydrogen-bond donors (Lipinski definition) is 1. The van der Waals surface area contributed by atoms with Crippen LogP contribution < -0.4 is 0 Å². The summed E-state index contributed by atoms with van der Waals surface area (Å²) in [4.78, 5) is 17.7. The number of aliphatic hydroxyl groups excluding tert-OH is 1. The van der Waals surface area contributed by atoms with Gasteiger partial charge in [-0.1, -0.05) is 50.8 Å². The van der Waals surface area contributed by atoms with Crippen molar-refractivity contribution in [3.05, 3.63) is 0 Å². The van der Waals surface area contributed by atoms with Crippen molar-refractivity contribution in [3.8, 4) is 0 Å². The standard InChI is InChI=1S/C10H20O2S.3CH3.Sn/c1-2-3-4-5-6-7-8-13-10(12)9-11;;;;/h11H,2-9H2,1H3;3*1H3;/q;;;;+1. The Morgan fingerprint density at radius 3 is 2.00 bits per heavy atom. The number of aliphatic hydroxyl groups is 1. The number of thioether (sulfide) groups is 1. The van der Waals surface area contributed by atoms with Gasteiger partial charge in [-0.3, -0.25) is 4.79 Å². The molecule has 0 bridgehead atoms. The molecular formula is C13H29O2SSn+. The van der Waals surface area contributed by atoms with Crippen molar-refractivity contribution < 1.29 is 9.90 Å². The molecule has 2 nitrogen and oxygen atoms in total. The van der Waals surface area contributed by atoms with Crippen molar-refractivity contribution in [3.63, 3.8) is 0 Å².